The standard InChI is InChI=1S/C22H19Cl2N3O2S/c1-14(21(28)27-20-13-15(23)7-12-19(20)24)30-18-10-8-17(9-11-18)26-22(29)25-16-5-3-2-4-6-16/h2-14H,1H3,(H,27,28)(H2,25,26,29). The molecule has 0 saturated heterocycles. The molecule has 1 unspecified atom stereocenters. The van der Waals surface area contributed by atoms with Gasteiger partial charge in [-0.25, -0.2) is 4.79 Å². The van der Waals surface area contributed by atoms with Gasteiger partial charge in [-0.1, -0.05) is 41.4 Å². The second kappa shape index (κ2) is 10.4. The molecule has 5 nitrogen and oxygen atoms in total. The molecule has 3 rings (SSSR count). The number of rotatable bonds is 6. The van der Waals surface area contributed by atoms with E-state index in [2.05, 4.69) is 16.0 Å². The zero-order valence-corrected chi connectivity index (χ0v) is 18.3. The fraction of sp³-hybridized carbons (Fsp3) is 0.0909. The number of hydrogen-bond acceptors (Lipinski definition) is 3. The lowest BCUT2D eigenvalue weighted by molar-refractivity contribution is -0.115. The molecule has 3 N–H and O–H groups in total. The molecule has 0 aliphatic rings. The van der Waals surface area contributed by atoms with Crippen molar-refractivity contribution in [3.05, 3.63) is 82.8 Å². The summed E-state index contributed by atoms with van der Waals surface area (Å²) >= 11 is 13.4. The predicted octanol–water partition coefficient (Wildman–Crippen LogP) is 6.76. The van der Waals surface area contributed by atoms with Gasteiger partial charge in [0.25, 0.3) is 0 Å². The Hall–Kier alpha value is -2.67. The summed E-state index contributed by atoms with van der Waals surface area (Å²) in [6.45, 7) is 1.80. The van der Waals surface area contributed by atoms with Gasteiger partial charge in [0.15, 0.2) is 0 Å². The minimum absolute atomic E-state index is 0.186. The van der Waals surface area contributed by atoms with Crippen molar-refractivity contribution in [2.75, 3.05) is 16.0 Å². The molecule has 0 radical (unpaired) electrons. The lowest BCUT2D eigenvalue weighted by atomic mass is 10.3. The quantitative estimate of drug-likeness (QED) is 0.356. The number of para-hydroxylation sites is 1. The Morgan fingerprint density at radius 1 is 0.833 bits per heavy atom. The lowest BCUT2D eigenvalue weighted by Crippen LogP contribution is -2.22. The van der Waals surface area contributed by atoms with Crippen LogP contribution in [0.25, 0.3) is 0 Å². The molecule has 1 atom stereocenters. The van der Waals surface area contributed by atoms with E-state index in [4.69, 9.17) is 23.2 Å². The number of anilines is 3. The number of thioether (sulfide) groups is 1. The highest BCUT2D eigenvalue weighted by Gasteiger charge is 2.16. The first-order valence-corrected chi connectivity index (χ1v) is 10.7. The van der Waals surface area contributed by atoms with Crippen molar-refractivity contribution in [2.45, 2.75) is 17.1 Å². The van der Waals surface area contributed by atoms with E-state index < -0.39 is 0 Å². The molecule has 0 saturated carbocycles. The number of carbonyl (C=O) groups is 2. The van der Waals surface area contributed by atoms with Crippen LogP contribution in [0.5, 0.6) is 0 Å². The summed E-state index contributed by atoms with van der Waals surface area (Å²) in [5.41, 5.74) is 1.84. The Balaban J connectivity index is 1.53. The first-order valence-electron chi connectivity index (χ1n) is 9.06. The third-order valence-corrected chi connectivity index (χ3v) is 5.69. The van der Waals surface area contributed by atoms with Gasteiger partial charge in [0, 0.05) is 21.3 Å². The van der Waals surface area contributed by atoms with Crippen LogP contribution in [0.2, 0.25) is 10.0 Å². The van der Waals surface area contributed by atoms with Gasteiger partial charge in [-0.2, -0.15) is 0 Å². The Morgan fingerprint density at radius 3 is 2.13 bits per heavy atom. The fourth-order valence-corrected chi connectivity index (χ4v) is 3.72. The number of urea groups is 1. The van der Waals surface area contributed by atoms with Crippen LogP contribution in [0.4, 0.5) is 21.9 Å². The highest BCUT2D eigenvalue weighted by atomic mass is 35.5. The third kappa shape index (κ3) is 6.42. The molecule has 8 heteroatoms. The van der Waals surface area contributed by atoms with E-state index in [0.29, 0.717) is 27.1 Å². The van der Waals surface area contributed by atoms with E-state index in [1.54, 1.807) is 37.3 Å². The Labute approximate surface area is 189 Å². The number of hydrogen-bond donors (Lipinski definition) is 3. The summed E-state index contributed by atoms with van der Waals surface area (Å²) in [7, 11) is 0. The molecule has 0 spiro atoms. The van der Waals surface area contributed by atoms with E-state index in [0.717, 1.165) is 4.90 Å². The topological polar surface area (TPSA) is 70.2 Å². The zero-order chi connectivity index (χ0) is 21.5. The molecule has 0 aliphatic carbocycles. The van der Waals surface area contributed by atoms with Gasteiger partial charge in [0.2, 0.25) is 5.91 Å². The number of halogens is 2. The second-order valence-corrected chi connectivity index (χ2v) is 8.60. The fourth-order valence-electron chi connectivity index (χ4n) is 2.52. The van der Waals surface area contributed by atoms with Gasteiger partial charge in [-0.3, -0.25) is 4.79 Å². The lowest BCUT2D eigenvalue weighted by Gasteiger charge is -2.14. The molecular formula is C22H19Cl2N3O2S. The predicted molar refractivity (Wildman–Crippen MR) is 126 cm³/mol. The minimum Gasteiger partial charge on any atom is -0.324 e. The van der Waals surface area contributed by atoms with E-state index in [-0.39, 0.29) is 17.2 Å². The van der Waals surface area contributed by atoms with Crippen LogP contribution >= 0.6 is 35.0 Å². The average molecular weight is 460 g/mol. The van der Waals surface area contributed by atoms with Crippen LogP contribution in [-0.4, -0.2) is 17.2 Å². The summed E-state index contributed by atoms with van der Waals surface area (Å²) in [5, 5.41) is 8.88. The average Bonchev–Trinajstić information content (AvgIpc) is 2.72. The van der Waals surface area contributed by atoms with Crippen LogP contribution in [0.3, 0.4) is 0 Å². The number of nitrogens with one attached hydrogen (secondary N) is 3. The number of carbonyl (C=O) groups excluding carboxylic acids is 2. The Bertz CT molecular complexity index is 1030. The first-order chi connectivity index (χ1) is 14.4. The van der Waals surface area contributed by atoms with Crippen LogP contribution in [0, 0.1) is 0 Å². The molecule has 3 amide bonds. The van der Waals surface area contributed by atoms with Gasteiger partial charge in [0.1, 0.15) is 0 Å². The second-order valence-electron chi connectivity index (χ2n) is 6.34. The minimum atomic E-state index is -0.361. The van der Waals surface area contributed by atoms with Gasteiger partial charge in [0.05, 0.1) is 16.0 Å². The molecule has 0 aromatic heterocycles. The summed E-state index contributed by atoms with van der Waals surface area (Å²) in [5.74, 6) is -0.186. The van der Waals surface area contributed by atoms with Crippen molar-refractivity contribution in [3.8, 4) is 0 Å². The van der Waals surface area contributed by atoms with Crippen molar-refractivity contribution in [2.24, 2.45) is 0 Å². The van der Waals surface area contributed by atoms with Gasteiger partial charge in [-0.05, 0) is 61.5 Å². The first kappa shape index (κ1) is 22.0. The SMILES string of the molecule is CC(Sc1ccc(NC(=O)Nc2ccccc2)cc1)C(=O)Nc1cc(Cl)ccc1Cl. The monoisotopic (exact) mass is 459 g/mol. The maximum atomic E-state index is 12.5. The normalized spacial score (nSPS) is 11.4. The molecular weight excluding hydrogens is 441 g/mol. The zero-order valence-electron chi connectivity index (χ0n) is 16.0. The van der Waals surface area contributed by atoms with Gasteiger partial charge in [-0.15, -0.1) is 11.8 Å². The molecule has 0 bridgehead atoms. The molecule has 0 aliphatic heterocycles. The Kier molecular flexibility index (Phi) is 7.63. The number of benzene rings is 3. The van der Waals surface area contributed by atoms with Crippen molar-refractivity contribution in [1.82, 2.24) is 0 Å². The van der Waals surface area contributed by atoms with Crippen molar-refractivity contribution in [3.63, 3.8) is 0 Å². The van der Waals surface area contributed by atoms with Gasteiger partial charge < -0.3 is 16.0 Å². The Morgan fingerprint density at radius 2 is 1.47 bits per heavy atom. The molecule has 30 heavy (non-hydrogen) atoms. The molecule has 0 fully saturated rings. The maximum Gasteiger partial charge on any atom is 0.323 e. The van der Waals surface area contributed by atoms with E-state index in [1.165, 1.54) is 11.8 Å². The summed E-state index contributed by atoms with van der Waals surface area (Å²) in [4.78, 5) is 25.4. The summed E-state index contributed by atoms with van der Waals surface area (Å²) in [6.07, 6.45) is 0. The highest BCUT2D eigenvalue weighted by molar-refractivity contribution is 8.00. The summed E-state index contributed by atoms with van der Waals surface area (Å²) in [6, 6.07) is 21.0. The molecule has 154 valence electrons. The summed E-state index contributed by atoms with van der Waals surface area (Å²) < 4.78 is 0. The number of amides is 3. The smallest absolute Gasteiger partial charge is 0.323 e. The molecule has 3 aromatic carbocycles. The third-order valence-electron chi connectivity index (χ3n) is 4.01. The van der Waals surface area contributed by atoms with E-state index in [9.17, 15) is 9.59 Å². The molecule has 3 aromatic rings. The highest BCUT2D eigenvalue weighted by Crippen LogP contribution is 2.29. The van der Waals surface area contributed by atoms with Crippen molar-refractivity contribution < 1.29 is 9.59 Å². The van der Waals surface area contributed by atoms with Crippen molar-refractivity contribution in [1.29, 1.82) is 0 Å². The van der Waals surface area contributed by atoms with Crippen LogP contribution in [0.15, 0.2) is 77.7 Å². The van der Waals surface area contributed by atoms with Crippen LogP contribution < -0.4 is 16.0 Å². The van der Waals surface area contributed by atoms with E-state index in [1.807, 2.05) is 42.5 Å². The maximum absolute atomic E-state index is 12.5. The van der Waals surface area contributed by atoms with Gasteiger partial charge >= 0.3 is 6.03 Å². The van der Waals surface area contributed by atoms with Crippen LogP contribution in [-0.2, 0) is 4.79 Å². The largest absolute Gasteiger partial charge is 0.324 e. The molecule has 0 heterocycles. The van der Waals surface area contributed by atoms with Crippen LogP contribution in [0.1, 0.15) is 6.92 Å². The van der Waals surface area contributed by atoms with E-state index >= 15 is 0 Å². The van der Waals surface area contributed by atoms with Crippen molar-refractivity contribution >= 4 is 64.0 Å².